The van der Waals surface area contributed by atoms with Gasteiger partial charge in [-0.3, -0.25) is 9.35 Å². The van der Waals surface area contributed by atoms with E-state index in [0.29, 0.717) is 29.0 Å². The lowest BCUT2D eigenvalue weighted by molar-refractivity contribution is 0.0980. The van der Waals surface area contributed by atoms with Crippen molar-refractivity contribution in [2.24, 2.45) is 0 Å². The number of hydrogen-bond donors (Lipinski definition) is 1. The number of Topliss-reactive ketones (excluding diaryl/α,β-unsaturated/α-hetero) is 1. The molecule has 3 aromatic carbocycles. The van der Waals surface area contributed by atoms with E-state index in [1.54, 1.807) is 50.6 Å². The zero-order valence-corrected chi connectivity index (χ0v) is 20.3. The van der Waals surface area contributed by atoms with Crippen LogP contribution in [-0.4, -0.2) is 33.0 Å². The topological polar surface area (TPSA) is 89.9 Å². The van der Waals surface area contributed by atoms with E-state index in [9.17, 15) is 17.8 Å². The first-order valence-corrected chi connectivity index (χ1v) is 12.2. The number of benzene rings is 3. The Morgan fingerprint density at radius 3 is 2.06 bits per heavy atom. The quantitative estimate of drug-likeness (QED) is 0.229. The van der Waals surface area contributed by atoms with Gasteiger partial charge in [0.25, 0.3) is 10.1 Å². The van der Waals surface area contributed by atoms with Gasteiger partial charge in [-0.15, -0.1) is 6.58 Å². The van der Waals surface area contributed by atoms with E-state index in [4.69, 9.17) is 9.47 Å². The molecule has 6 nitrogen and oxygen atoms in total. The maximum absolute atomic E-state index is 13.0. The first-order chi connectivity index (χ1) is 16.2. The van der Waals surface area contributed by atoms with Crippen molar-refractivity contribution in [3.8, 4) is 22.6 Å². The van der Waals surface area contributed by atoms with Crippen LogP contribution in [0.3, 0.4) is 0 Å². The molecule has 34 heavy (non-hydrogen) atoms. The van der Waals surface area contributed by atoms with Crippen LogP contribution >= 0.6 is 0 Å². The Hall–Kier alpha value is -3.42. The molecule has 0 atom stereocenters. The molecule has 0 radical (unpaired) electrons. The number of aryl methyl sites for hydroxylation is 1. The van der Waals surface area contributed by atoms with Gasteiger partial charge in [-0.1, -0.05) is 30.3 Å². The lowest BCUT2D eigenvalue weighted by atomic mass is 9.88. The molecule has 0 aliphatic rings. The summed E-state index contributed by atoms with van der Waals surface area (Å²) in [5, 5.41) is 0. The third kappa shape index (κ3) is 5.55. The third-order valence-electron chi connectivity index (χ3n) is 5.63. The zero-order valence-electron chi connectivity index (χ0n) is 19.5. The molecular formula is C27H28O6S. The van der Waals surface area contributed by atoms with Gasteiger partial charge in [0.1, 0.15) is 16.4 Å². The van der Waals surface area contributed by atoms with Crippen LogP contribution in [0.5, 0.6) is 11.5 Å². The summed E-state index contributed by atoms with van der Waals surface area (Å²) in [6.45, 7) is 5.46. The summed E-state index contributed by atoms with van der Waals surface area (Å²) in [4.78, 5) is 12.6. The van der Waals surface area contributed by atoms with Crippen LogP contribution in [-0.2, 0) is 16.5 Å². The van der Waals surface area contributed by atoms with Crippen molar-refractivity contribution in [1.29, 1.82) is 0 Å². The SMILES string of the molecule is C=CCCC(=O)c1cc(C)c(-c2ccc(OC)cc2)c(Cc2ccc(OC)cc2)c1S(=O)(=O)O. The molecule has 0 heterocycles. The largest absolute Gasteiger partial charge is 0.497 e. The number of carbonyl (C=O) groups is 1. The minimum atomic E-state index is -4.72. The summed E-state index contributed by atoms with van der Waals surface area (Å²) in [7, 11) is -1.59. The zero-order chi connectivity index (χ0) is 24.9. The Morgan fingerprint density at radius 2 is 1.56 bits per heavy atom. The molecule has 3 rings (SSSR count). The average Bonchev–Trinajstić information content (AvgIpc) is 2.82. The molecule has 7 heteroatoms. The highest BCUT2D eigenvalue weighted by atomic mass is 32.2. The fourth-order valence-electron chi connectivity index (χ4n) is 4.01. The van der Waals surface area contributed by atoms with Crippen molar-refractivity contribution in [3.63, 3.8) is 0 Å². The number of ketones is 1. The molecule has 0 fully saturated rings. The van der Waals surface area contributed by atoms with Gasteiger partial charge < -0.3 is 9.47 Å². The number of allylic oxidation sites excluding steroid dienone is 1. The monoisotopic (exact) mass is 480 g/mol. The smallest absolute Gasteiger partial charge is 0.295 e. The van der Waals surface area contributed by atoms with Gasteiger partial charge in [0.2, 0.25) is 0 Å². The third-order valence-corrected chi connectivity index (χ3v) is 6.61. The highest BCUT2D eigenvalue weighted by Gasteiger charge is 2.28. The molecule has 0 aliphatic carbocycles. The van der Waals surface area contributed by atoms with Crippen LogP contribution in [0.15, 0.2) is 72.1 Å². The molecule has 178 valence electrons. The summed E-state index contributed by atoms with van der Waals surface area (Å²) in [6.07, 6.45) is 2.28. The predicted octanol–water partition coefficient (Wildman–Crippen LogP) is 5.67. The van der Waals surface area contributed by atoms with Crippen LogP contribution < -0.4 is 9.47 Å². The number of methoxy groups -OCH3 is 2. The Kier molecular flexibility index (Phi) is 7.91. The van der Waals surface area contributed by atoms with Crippen molar-refractivity contribution < 1.29 is 27.2 Å². The Labute approximate surface area is 200 Å². The fraction of sp³-hybridized carbons (Fsp3) is 0.222. The average molecular weight is 481 g/mol. The highest BCUT2D eigenvalue weighted by molar-refractivity contribution is 7.86. The standard InChI is InChI=1S/C27H28O6S/c1-5-6-7-25(28)23-16-18(2)26(20-10-14-22(33-4)15-11-20)24(27(23)34(29,30)31)17-19-8-12-21(32-3)13-9-19/h5,8-16H,1,6-7,17H2,2-4H3,(H,29,30,31). The van der Waals surface area contributed by atoms with Crippen LogP contribution in [0.4, 0.5) is 0 Å². The summed E-state index contributed by atoms with van der Waals surface area (Å²) in [5.41, 5.74) is 3.27. The Balaban J connectivity index is 2.32. The predicted molar refractivity (Wildman–Crippen MR) is 133 cm³/mol. The molecule has 0 unspecified atom stereocenters. The van der Waals surface area contributed by atoms with Crippen LogP contribution in [0.2, 0.25) is 0 Å². The van der Waals surface area contributed by atoms with Crippen molar-refractivity contribution in [2.75, 3.05) is 14.2 Å². The molecular weight excluding hydrogens is 452 g/mol. The second-order valence-corrected chi connectivity index (χ2v) is 9.26. The van der Waals surface area contributed by atoms with E-state index in [0.717, 1.165) is 16.7 Å². The summed E-state index contributed by atoms with van der Waals surface area (Å²) in [5.74, 6) is 0.955. The maximum atomic E-state index is 13.0. The molecule has 0 amide bonds. The molecule has 1 N–H and O–H groups in total. The van der Waals surface area contributed by atoms with Gasteiger partial charge in [0, 0.05) is 12.0 Å². The van der Waals surface area contributed by atoms with Crippen molar-refractivity contribution in [2.45, 2.75) is 31.1 Å². The van der Waals surface area contributed by atoms with Crippen LogP contribution in [0.1, 0.15) is 39.9 Å². The number of hydrogen-bond acceptors (Lipinski definition) is 5. The van der Waals surface area contributed by atoms with Crippen molar-refractivity contribution in [1.82, 2.24) is 0 Å². The minimum Gasteiger partial charge on any atom is -0.497 e. The molecule has 0 bridgehead atoms. The van der Waals surface area contributed by atoms with E-state index >= 15 is 0 Å². The Bertz CT molecular complexity index is 1290. The second-order valence-electron chi connectivity index (χ2n) is 7.90. The number of rotatable bonds is 10. The number of ether oxygens (including phenoxy) is 2. The molecule has 0 aliphatic heterocycles. The molecule has 0 saturated heterocycles. The van der Waals surface area contributed by atoms with Crippen molar-refractivity contribution in [3.05, 3.63) is 89.5 Å². The van der Waals surface area contributed by atoms with Gasteiger partial charge in [0.05, 0.1) is 14.2 Å². The van der Waals surface area contributed by atoms with E-state index in [2.05, 4.69) is 6.58 Å². The van der Waals surface area contributed by atoms with Gasteiger partial charge in [-0.25, -0.2) is 0 Å². The first kappa shape index (κ1) is 25.2. The van der Waals surface area contributed by atoms with Gasteiger partial charge in [-0.05, 0) is 77.9 Å². The minimum absolute atomic E-state index is 0.0115. The normalized spacial score (nSPS) is 11.2. The highest BCUT2D eigenvalue weighted by Crippen LogP contribution is 2.37. The van der Waals surface area contributed by atoms with Gasteiger partial charge >= 0.3 is 0 Å². The van der Waals surface area contributed by atoms with Crippen molar-refractivity contribution >= 4 is 15.9 Å². The van der Waals surface area contributed by atoms with E-state index < -0.39 is 10.1 Å². The number of carbonyl (C=O) groups excluding carboxylic acids is 1. The summed E-state index contributed by atoms with van der Waals surface area (Å²) < 4.78 is 46.1. The first-order valence-electron chi connectivity index (χ1n) is 10.7. The van der Waals surface area contributed by atoms with Crippen LogP contribution in [0, 0.1) is 6.92 Å². The van der Waals surface area contributed by atoms with Crippen LogP contribution in [0.25, 0.3) is 11.1 Å². The fourth-order valence-corrected chi connectivity index (χ4v) is 4.95. The summed E-state index contributed by atoms with van der Waals surface area (Å²) in [6, 6.07) is 16.0. The molecule has 3 aromatic rings. The van der Waals surface area contributed by atoms with Gasteiger partial charge in [0.15, 0.2) is 5.78 Å². The van der Waals surface area contributed by atoms with E-state index in [1.165, 1.54) is 0 Å². The van der Waals surface area contributed by atoms with E-state index in [1.807, 2.05) is 31.2 Å². The molecule has 0 spiro atoms. The molecule has 0 aromatic heterocycles. The Morgan fingerprint density at radius 1 is 1.00 bits per heavy atom. The second kappa shape index (κ2) is 10.7. The van der Waals surface area contributed by atoms with E-state index in [-0.39, 0.29) is 29.1 Å². The lowest BCUT2D eigenvalue weighted by Crippen LogP contribution is -2.14. The summed E-state index contributed by atoms with van der Waals surface area (Å²) >= 11 is 0. The maximum Gasteiger partial charge on any atom is 0.295 e. The molecule has 0 saturated carbocycles. The van der Waals surface area contributed by atoms with Gasteiger partial charge in [-0.2, -0.15) is 8.42 Å². The lowest BCUT2D eigenvalue weighted by Gasteiger charge is -2.20.